The molecular formula is C14H21N3. The van der Waals surface area contributed by atoms with E-state index in [1.807, 2.05) is 7.05 Å². The Balaban J connectivity index is 2.41. The maximum atomic E-state index is 4.72. The summed E-state index contributed by atoms with van der Waals surface area (Å²) in [6.07, 6.45) is 1.19. The van der Waals surface area contributed by atoms with Gasteiger partial charge in [0, 0.05) is 18.5 Å². The molecule has 17 heavy (non-hydrogen) atoms. The number of nitrogens with zero attached hydrogens (tertiary/aromatic N) is 2. The van der Waals surface area contributed by atoms with Crippen LogP contribution in [-0.2, 0) is 13.1 Å². The van der Waals surface area contributed by atoms with Gasteiger partial charge >= 0.3 is 0 Å². The van der Waals surface area contributed by atoms with E-state index in [4.69, 9.17) is 5.10 Å². The summed E-state index contributed by atoms with van der Waals surface area (Å²) >= 11 is 0. The minimum Gasteiger partial charge on any atom is -0.314 e. The van der Waals surface area contributed by atoms with Gasteiger partial charge in [0.15, 0.2) is 0 Å². The van der Waals surface area contributed by atoms with Crippen molar-refractivity contribution in [2.24, 2.45) is 5.92 Å². The van der Waals surface area contributed by atoms with E-state index in [1.54, 1.807) is 0 Å². The van der Waals surface area contributed by atoms with Crippen molar-refractivity contribution < 1.29 is 0 Å². The predicted octanol–water partition coefficient (Wildman–Crippen LogP) is 2.80. The number of hydrogen-bond acceptors (Lipinski definition) is 2. The number of hydrogen-bond donors (Lipinski definition) is 1. The van der Waals surface area contributed by atoms with Crippen LogP contribution in [0.5, 0.6) is 0 Å². The van der Waals surface area contributed by atoms with E-state index in [1.165, 1.54) is 17.3 Å². The van der Waals surface area contributed by atoms with Crippen molar-refractivity contribution >= 4 is 10.9 Å². The number of rotatable bonds is 5. The molecule has 2 aromatic rings. The van der Waals surface area contributed by atoms with Crippen molar-refractivity contribution in [3.63, 3.8) is 0 Å². The molecular weight excluding hydrogens is 210 g/mol. The molecule has 1 aromatic heterocycles. The number of para-hydroxylation sites is 1. The Labute approximate surface area is 103 Å². The van der Waals surface area contributed by atoms with Gasteiger partial charge in [-0.25, -0.2) is 0 Å². The van der Waals surface area contributed by atoms with Gasteiger partial charge in [0.25, 0.3) is 0 Å². The average molecular weight is 231 g/mol. The molecule has 0 aliphatic rings. The van der Waals surface area contributed by atoms with Gasteiger partial charge in [-0.2, -0.15) is 5.10 Å². The van der Waals surface area contributed by atoms with Crippen LogP contribution in [0.2, 0.25) is 0 Å². The summed E-state index contributed by atoms with van der Waals surface area (Å²) in [4.78, 5) is 0. The quantitative estimate of drug-likeness (QED) is 0.857. The Morgan fingerprint density at radius 1 is 1.35 bits per heavy atom. The fraction of sp³-hybridized carbons (Fsp3) is 0.500. The zero-order valence-electron chi connectivity index (χ0n) is 10.9. The van der Waals surface area contributed by atoms with Crippen LogP contribution in [0.25, 0.3) is 10.9 Å². The molecule has 0 bridgehead atoms. The first-order valence-electron chi connectivity index (χ1n) is 6.35. The fourth-order valence-electron chi connectivity index (χ4n) is 2.06. The lowest BCUT2D eigenvalue weighted by Gasteiger charge is -2.09. The van der Waals surface area contributed by atoms with Crippen LogP contribution in [-0.4, -0.2) is 16.8 Å². The largest absolute Gasteiger partial charge is 0.314 e. The van der Waals surface area contributed by atoms with Gasteiger partial charge < -0.3 is 5.32 Å². The van der Waals surface area contributed by atoms with Crippen molar-refractivity contribution in [3.05, 3.63) is 30.0 Å². The molecule has 0 saturated carbocycles. The fourth-order valence-corrected chi connectivity index (χ4v) is 2.06. The summed E-state index contributed by atoms with van der Waals surface area (Å²) in [6.45, 7) is 6.33. The maximum absolute atomic E-state index is 4.72. The first-order valence-corrected chi connectivity index (χ1v) is 6.35. The van der Waals surface area contributed by atoms with Crippen molar-refractivity contribution in [3.8, 4) is 0 Å². The lowest BCUT2D eigenvalue weighted by molar-refractivity contribution is 0.445. The number of aromatic nitrogens is 2. The molecule has 3 nitrogen and oxygen atoms in total. The molecule has 0 aliphatic carbocycles. The molecule has 1 aromatic carbocycles. The third kappa shape index (κ3) is 2.50. The maximum Gasteiger partial charge on any atom is 0.0841 e. The Hall–Kier alpha value is -1.35. The molecule has 1 heterocycles. The zero-order chi connectivity index (χ0) is 12.3. The van der Waals surface area contributed by atoms with Gasteiger partial charge in [-0.15, -0.1) is 0 Å². The van der Waals surface area contributed by atoms with Gasteiger partial charge in [-0.3, -0.25) is 4.68 Å². The Morgan fingerprint density at radius 3 is 2.82 bits per heavy atom. The van der Waals surface area contributed by atoms with E-state index in [0.29, 0.717) is 5.92 Å². The van der Waals surface area contributed by atoms with Gasteiger partial charge in [0.05, 0.1) is 11.2 Å². The standard InChI is InChI=1S/C14H21N3/c1-4-11(2)10-17-14-8-6-5-7-12(14)13(16-17)9-15-3/h5-8,11,15H,4,9-10H2,1-3H3. The minimum absolute atomic E-state index is 0.667. The molecule has 0 aliphatic heterocycles. The van der Waals surface area contributed by atoms with Crippen LogP contribution in [0, 0.1) is 5.92 Å². The summed E-state index contributed by atoms with van der Waals surface area (Å²) in [7, 11) is 1.96. The summed E-state index contributed by atoms with van der Waals surface area (Å²) in [5, 5.41) is 9.17. The summed E-state index contributed by atoms with van der Waals surface area (Å²) < 4.78 is 2.15. The van der Waals surface area contributed by atoms with Gasteiger partial charge in [-0.05, 0) is 19.0 Å². The minimum atomic E-state index is 0.667. The highest BCUT2D eigenvalue weighted by Crippen LogP contribution is 2.19. The van der Waals surface area contributed by atoms with E-state index in [2.05, 4.69) is 48.1 Å². The Morgan fingerprint density at radius 2 is 2.12 bits per heavy atom. The van der Waals surface area contributed by atoms with Crippen LogP contribution in [0.3, 0.4) is 0 Å². The highest BCUT2D eigenvalue weighted by molar-refractivity contribution is 5.81. The molecule has 2 rings (SSSR count). The third-order valence-corrected chi connectivity index (χ3v) is 3.26. The lowest BCUT2D eigenvalue weighted by atomic mass is 10.1. The highest BCUT2D eigenvalue weighted by atomic mass is 15.3. The molecule has 92 valence electrons. The van der Waals surface area contributed by atoms with Gasteiger partial charge in [-0.1, -0.05) is 38.5 Å². The third-order valence-electron chi connectivity index (χ3n) is 3.26. The molecule has 3 heteroatoms. The second-order valence-corrected chi connectivity index (χ2v) is 4.69. The summed E-state index contributed by atoms with van der Waals surface area (Å²) in [6, 6.07) is 8.48. The summed E-state index contributed by atoms with van der Waals surface area (Å²) in [5.74, 6) is 0.667. The van der Waals surface area contributed by atoms with Crippen LogP contribution in [0.4, 0.5) is 0 Å². The van der Waals surface area contributed by atoms with Crippen LogP contribution in [0.1, 0.15) is 26.0 Å². The highest BCUT2D eigenvalue weighted by Gasteiger charge is 2.10. The normalized spacial score (nSPS) is 13.1. The second-order valence-electron chi connectivity index (χ2n) is 4.69. The van der Waals surface area contributed by atoms with Gasteiger partial charge in [0.2, 0.25) is 0 Å². The number of benzene rings is 1. The first-order chi connectivity index (χ1) is 8.26. The lowest BCUT2D eigenvalue weighted by Crippen LogP contribution is -2.10. The summed E-state index contributed by atoms with van der Waals surface area (Å²) in [5.41, 5.74) is 2.39. The van der Waals surface area contributed by atoms with E-state index >= 15 is 0 Å². The molecule has 0 spiro atoms. The van der Waals surface area contributed by atoms with Crippen molar-refractivity contribution in [2.45, 2.75) is 33.4 Å². The van der Waals surface area contributed by atoms with E-state index in [0.717, 1.165) is 18.8 Å². The molecule has 0 fully saturated rings. The zero-order valence-corrected chi connectivity index (χ0v) is 10.9. The molecule has 1 unspecified atom stereocenters. The van der Waals surface area contributed by atoms with E-state index < -0.39 is 0 Å². The monoisotopic (exact) mass is 231 g/mol. The molecule has 0 radical (unpaired) electrons. The Kier molecular flexibility index (Phi) is 3.79. The SMILES string of the molecule is CCC(C)Cn1nc(CNC)c2ccccc21. The average Bonchev–Trinajstić information content (AvgIpc) is 2.69. The van der Waals surface area contributed by atoms with Crippen LogP contribution in [0.15, 0.2) is 24.3 Å². The van der Waals surface area contributed by atoms with Crippen molar-refractivity contribution in [1.29, 1.82) is 0 Å². The van der Waals surface area contributed by atoms with Crippen molar-refractivity contribution in [1.82, 2.24) is 15.1 Å². The predicted molar refractivity (Wildman–Crippen MR) is 72.0 cm³/mol. The molecule has 1 N–H and O–H groups in total. The van der Waals surface area contributed by atoms with Crippen molar-refractivity contribution in [2.75, 3.05) is 7.05 Å². The first kappa shape index (κ1) is 12.1. The molecule has 0 saturated heterocycles. The van der Waals surface area contributed by atoms with E-state index in [-0.39, 0.29) is 0 Å². The Bertz CT molecular complexity index is 487. The topological polar surface area (TPSA) is 29.9 Å². The molecule has 1 atom stereocenters. The van der Waals surface area contributed by atoms with Crippen LogP contribution >= 0.6 is 0 Å². The smallest absolute Gasteiger partial charge is 0.0841 e. The molecule has 0 amide bonds. The number of fused-ring (bicyclic) bond motifs is 1. The number of nitrogens with one attached hydrogen (secondary N) is 1. The van der Waals surface area contributed by atoms with E-state index in [9.17, 15) is 0 Å². The second kappa shape index (κ2) is 5.32. The van der Waals surface area contributed by atoms with Gasteiger partial charge in [0.1, 0.15) is 0 Å². The van der Waals surface area contributed by atoms with Crippen LogP contribution < -0.4 is 5.32 Å².